The van der Waals surface area contributed by atoms with E-state index >= 15 is 0 Å². The summed E-state index contributed by atoms with van der Waals surface area (Å²) in [6, 6.07) is 12.3. The Morgan fingerprint density at radius 3 is 2.52 bits per heavy atom. The first-order chi connectivity index (χ1) is 14.9. The largest absolute Gasteiger partial charge is 0.493 e. The predicted octanol–water partition coefficient (Wildman–Crippen LogP) is 2.34. The van der Waals surface area contributed by atoms with Gasteiger partial charge < -0.3 is 19.5 Å². The third-order valence-electron chi connectivity index (χ3n) is 4.71. The van der Waals surface area contributed by atoms with Crippen LogP contribution in [0.4, 0.5) is 5.69 Å². The van der Waals surface area contributed by atoms with Crippen LogP contribution in [-0.4, -0.2) is 49.8 Å². The second kappa shape index (κ2) is 9.75. The van der Waals surface area contributed by atoms with Crippen molar-refractivity contribution in [3.8, 4) is 11.5 Å². The number of hydrazone groups is 1. The lowest BCUT2D eigenvalue weighted by Crippen LogP contribution is -2.31. The maximum atomic E-state index is 12.4. The number of nitrogens with zero attached hydrogens (tertiary/aromatic N) is 2. The average molecular weight is 425 g/mol. The molecule has 0 aromatic heterocycles. The van der Waals surface area contributed by atoms with Crippen LogP contribution in [-0.2, 0) is 25.7 Å². The number of hydrogen-bond acceptors (Lipinski definition) is 7. The Labute approximate surface area is 179 Å². The van der Waals surface area contributed by atoms with E-state index in [0.717, 1.165) is 23.9 Å². The molecule has 1 aliphatic heterocycles. The number of benzene rings is 2. The van der Waals surface area contributed by atoms with Gasteiger partial charge in [0.15, 0.2) is 11.5 Å². The Morgan fingerprint density at radius 2 is 1.81 bits per heavy atom. The minimum Gasteiger partial charge on any atom is -0.493 e. The van der Waals surface area contributed by atoms with Crippen LogP contribution in [0.2, 0.25) is 0 Å². The highest BCUT2D eigenvalue weighted by Gasteiger charge is 2.22. The van der Waals surface area contributed by atoms with Crippen LogP contribution in [0.15, 0.2) is 47.6 Å². The third-order valence-corrected chi connectivity index (χ3v) is 4.71. The predicted molar refractivity (Wildman–Crippen MR) is 113 cm³/mol. The van der Waals surface area contributed by atoms with Gasteiger partial charge in [-0.15, -0.1) is 0 Å². The quantitative estimate of drug-likeness (QED) is 0.562. The molecule has 0 aliphatic carbocycles. The van der Waals surface area contributed by atoms with E-state index in [2.05, 4.69) is 15.2 Å². The summed E-state index contributed by atoms with van der Waals surface area (Å²) in [6.07, 6.45) is 0.839. The number of ether oxygens (including phenoxy) is 3. The molecule has 0 saturated carbocycles. The summed E-state index contributed by atoms with van der Waals surface area (Å²) in [5, 5.41) is 8.39. The molecule has 0 bridgehead atoms. The fourth-order valence-corrected chi connectivity index (χ4v) is 3.14. The van der Waals surface area contributed by atoms with E-state index in [-0.39, 0.29) is 12.5 Å². The highest BCUT2D eigenvalue weighted by atomic mass is 16.5. The zero-order valence-corrected chi connectivity index (χ0v) is 17.5. The molecule has 1 aliphatic rings. The smallest absolute Gasteiger partial charge is 0.396 e. The van der Waals surface area contributed by atoms with E-state index in [1.54, 1.807) is 44.6 Å². The van der Waals surface area contributed by atoms with Crippen molar-refractivity contribution in [2.45, 2.75) is 19.4 Å². The normalized spacial score (nSPS) is 13.3. The Balaban J connectivity index is 1.80. The second-order valence-corrected chi connectivity index (χ2v) is 6.71. The molecule has 162 valence electrons. The van der Waals surface area contributed by atoms with Gasteiger partial charge in [0.05, 0.1) is 33.6 Å². The van der Waals surface area contributed by atoms with Crippen molar-refractivity contribution in [3.05, 3.63) is 53.6 Å². The molecule has 0 spiro atoms. The summed E-state index contributed by atoms with van der Waals surface area (Å²) in [5.41, 5.74) is 2.76. The van der Waals surface area contributed by atoms with Crippen LogP contribution in [0, 0.1) is 0 Å². The maximum absolute atomic E-state index is 12.4. The number of methoxy groups -OCH3 is 3. The van der Waals surface area contributed by atoms with Crippen molar-refractivity contribution in [1.82, 2.24) is 5.01 Å². The second-order valence-electron chi connectivity index (χ2n) is 6.71. The molecule has 0 unspecified atom stereocenters. The zero-order valence-electron chi connectivity index (χ0n) is 17.5. The minimum absolute atomic E-state index is 0.103. The fourth-order valence-electron chi connectivity index (χ4n) is 3.14. The summed E-state index contributed by atoms with van der Waals surface area (Å²) >= 11 is 0. The van der Waals surface area contributed by atoms with Gasteiger partial charge in [-0.2, -0.15) is 5.10 Å². The van der Waals surface area contributed by atoms with Gasteiger partial charge in [-0.05, 0) is 35.9 Å². The van der Waals surface area contributed by atoms with E-state index in [1.165, 1.54) is 5.01 Å². The zero-order chi connectivity index (χ0) is 22.4. The number of amides is 2. The van der Waals surface area contributed by atoms with Crippen LogP contribution in [0.5, 0.6) is 11.5 Å². The standard InChI is InChI=1S/C22H23N3O6/c1-29-18-9-7-15(12-19(18)30-2)17-8-10-20(26)25(24-17)13-14-5-4-6-16(11-14)23-21(27)22(28)31-3/h4-7,9,11-12H,8,10,13H2,1-3H3,(H,23,27). The minimum atomic E-state index is -0.985. The lowest BCUT2D eigenvalue weighted by molar-refractivity contribution is -0.150. The number of nitrogens with one attached hydrogen (secondary N) is 1. The number of carbonyl (C=O) groups excluding carboxylic acids is 3. The van der Waals surface area contributed by atoms with Gasteiger partial charge in [-0.3, -0.25) is 9.59 Å². The first-order valence-corrected chi connectivity index (χ1v) is 9.53. The topological polar surface area (TPSA) is 107 Å². The number of rotatable bonds is 6. The molecule has 2 amide bonds. The molecule has 0 atom stereocenters. The summed E-state index contributed by atoms with van der Waals surface area (Å²) in [6.45, 7) is 0.220. The molecule has 0 saturated heterocycles. The van der Waals surface area contributed by atoms with Crippen molar-refractivity contribution in [2.24, 2.45) is 5.10 Å². The van der Waals surface area contributed by atoms with Crippen molar-refractivity contribution >= 4 is 29.2 Å². The van der Waals surface area contributed by atoms with Crippen LogP contribution in [0.25, 0.3) is 0 Å². The fraction of sp³-hybridized carbons (Fsp3) is 0.273. The Hall–Kier alpha value is -3.88. The van der Waals surface area contributed by atoms with Crippen LogP contribution in [0.3, 0.4) is 0 Å². The highest BCUT2D eigenvalue weighted by molar-refractivity contribution is 6.37. The molecule has 2 aromatic rings. The van der Waals surface area contributed by atoms with E-state index in [0.29, 0.717) is 30.0 Å². The molecule has 9 heteroatoms. The molecule has 31 heavy (non-hydrogen) atoms. The Kier molecular flexibility index (Phi) is 6.86. The molecular weight excluding hydrogens is 402 g/mol. The van der Waals surface area contributed by atoms with Crippen molar-refractivity contribution in [3.63, 3.8) is 0 Å². The van der Waals surface area contributed by atoms with Gasteiger partial charge in [0, 0.05) is 24.1 Å². The molecule has 2 aromatic carbocycles. The highest BCUT2D eigenvalue weighted by Crippen LogP contribution is 2.29. The van der Waals surface area contributed by atoms with Crippen molar-refractivity contribution in [1.29, 1.82) is 0 Å². The molecular formula is C22H23N3O6. The number of hydrogen-bond donors (Lipinski definition) is 1. The van der Waals surface area contributed by atoms with Gasteiger partial charge >= 0.3 is 11.9 Å². The first kappa shape index (κ1) is 21.8. The molecule has 0 fully saturated rings. The monoisotopic (exact) mass is 425 g/mol. The van der Waals surface area contributed by atoms with Gasteiger partial charge in [-0.1, -0.05) is 12.1 Å². The van der Waals surface area contributed by atoms with Gasteiger partial charge in [-0.25, -0.2) is 9.80 Å². The number of anilines is 1. The summed E-state index contributed by atoms with van der Waals surface area (Å²) in [4.78, 5) is 35.4. The SMILES string of the molecule is COC(=O)C(=O)Nc1cccc(CN2N=C(c3ccc(OC)c(OC)c3)CCC2=O)c1. The molecule has 0 radical (unpaired) electrons. The molecule has 1 heterocycles. The maximum Gasteiger partial charge on any atom is 0.396 e. The summed E-state index contributed by atoms with van der Waals surface area (Å²) in [5.74, 6) is -0.766. The van der Waals surface area contributed by atoms with Crippen LogP contribution < -0.4 is 14.8 Å². The summed E-state index contributed by atoms with van der Waals surface area (Å²) < 4.78 is 15.0. The van der Waals surface area contributed by atoms with Crippen molar-refractivity contribution < 1.29 is 28.6 Å². The Bertz CT molecular complexity index is 1030. The van der Waals surface area contributed by atoms with Crippen LogP contribution in [0.1, 0.15) is 24.0 Å². The van der Waals surface area contributed by atoms with E-state index in [4.69, 9.17) is 9.47 Å². The lowest BCUT2D eigenvalue weighted by Gasteiger charge is -2.24. The third kappa shape index (κ3) is 5.19. The summed E-state index contributed by atoms with van der Waals surface area (Å²) in [7, 11) is 4.26. The van der Waals surface area contributed by atoms with Gasteiger partial charge in [0.25, 0.3) is 0 Å². The van der Waals surface area contributed by atoms with Gasteiger partial charge in [0.2, 0.25) is 5.91 Å². The molecule has 9 nitrogen and oxygen atoms in total. The van der Waals surface area contributed by atoms with E-state index < -0.39 is 11.9 Å². The van der Waals surface area contributed by atoms with E-state index in [1.807, 2.05) is 12.1 Å². The lowest BCUT2D eigenvalue weighted by atomic mass is 10.0. The molecule has 3 rings (SSSR count). The van der Waals surface area contributed by atoms with E-state index in [9.17, 15) is 14.4 Å². The number of carbonyl (C=O) groups is 3. The van der Waals surface area contributed by atoms with Crippen LogP contribution >= 0.6 is 0 Å². The number of esters is 1. The first-order valence-electron chi connectivity index (χ1n) is 9.53. The Morgan fingerprint density at radius 1 is 1.03 bits per heavy atom. The average Bonchev–Trinajstić information content (AvgIpc) is 2.79. The van der Waals surface area contributed by atoms with Gasteiger partial charge in [0.1, 0.15) is 0 Å². The molecule has 1 N–H and O–H groups in total. The van der Waals surface area contributed by atoms with Crippen molar-refractivity contribution in [2.75, 3.05) is 26.6 Å².